The number of benzene rings is 24. The SMILES string of the molecule is Cc1cccc(N(c2ccc3c(c2)c2ccccc2c2c(-c4ccccc4)cc(-c4ccccc4)c(-c4ccccc4)c32)c2ccccn2)c1.Cc1cccc(N(c2cccnc2)c2ccc3c(c2)c2ccccc2c2c(-c4ccccc4)cc(-c4ccccc4)c(-c4ccccc4)c32)c1.Cc1cccc(N(c2ccncc2)c2ccc3c(c2)c2ccccc2c2c(-c4ccccc4)cc(-c4ccccc4)c(-c4ccccc4)c32)c1. The number of aromatic nitrogens is 3. The maximum Gasteiger partial charge on any atom is 0.137 e. The smallest absolute Gasteiger partial charge is 0.137 e. The molecule has 6 nitrogen and oxygen atoms in total. The molecule has 27 rings (SSSR count). The van der Waals surface area contributed by atoms with Crippen LogP contribution in [0.3, 0.4) is 0 Å². The molecule has 0 atom stereocenters. The van der Waals surface area contributed by atoms with Crippen molar-refractivity contribution in [3.63, 3.8) is 0 Å². The second kappa shape index (κ2) is 40.6. The quantitative estimate of drug-likeness (QED) is 0.0798. The first kappa shape index (κ1) is 91.7. The fourth-order valence-electron chi connectivity index (χ4n) is 22.7. The third-order valence-corrected chi connectivity index (χ3v) is 29.2. The van der Waals surface area contributed by atoms with Crippen molar-refractivity contribution in [3.05, 3.63) is 582 Å². The number of pyridine rings is 3. The van der Waals surface area contributed by atoms with E-state index in [1.165, 1.54) is 214 Å². The van der Waals surface area contributed by atoms with Gasteiger partial charge in [0.2, 0.25) is 0 Å². The van der Waals surface area contributed by atoms with Gasteiger partial charge in [-0.25, -0.2) is 4.98 Å². The molecule has 708 valence electrons. The fraction of sp³-hybridized carbons (Fsp3) is 0.0208. The van der Waals surface area contributed by atoms with Crippen LogP contribution in [0.2, 0.25) is 0 Å². The van der Waals surface area contributed by atoms with Gasteiger partial charge in [-0.15, -0.1) is 0 Å². The molecule has 0 aliphatic carbocycles. The van der Waals surface area contributed by atoms with Crippen LogP contribution in [0.1, 0.15) is 16.7 Å². The molecule has 0 N–H and O–H groups in total. The molecule has 6 heteroatoms. The first-order valence-corrected chi connectivity index (χ1v) is 51.4. The standard InChI is InChI=1S/3C48H34N2/c1-33-15-13-22-37(29-33)50(39-23-14-28-49-32-39)38-26-27-42-45(30-38)40-24-11-12-25-41(40)47-44(35-18-7-3-8-19-35)31-43(34-16-5-2-6-17-34)46(48(42)47)36-20-9-4-10-21-36;1-33-16-15-23-37(30-33)50(45-26-13-14-29-49-45)38-27-28-41-44(31-38)39-24-11-12-25-40(39)47-43(35-19-7-3-8-20-35)32-42(34-17-5-2-6-18-34)46(48(41)47)36-21-9-4-10-22-36;1-33-14-13-21-38(30-33)50(37-26-28-49-29-27-37)39-24-25-42-45(31-39)40-22-11-12-23-41(40)47-44(35-17-7-3-8-18-35)32-43(34-15-5-2-6-16-34)46(48(42)47)36-19-9-4-10-20-36/h3*2-32H,1H3. The van der Waals surface area contributed by atoms with Crippen LogP contribution in [0.25, 0.3) is 197 Å². The summed E-state index contributed by atoms with van der Waals surface area (Å²) in [4.78, 5) is 20.6. The summed E-state index contributed by atoms with van der Waals surface area (Å²) in [6.07, 6.45) is 9.37. The summed E-state index contributed by atoms with van der Waals surface area (Å²) in [6, 6.07) is 193. The van der Waals surface area contributed by atoms with Gasteiger partial charge >= 0.3 is 0 Å². The molecule has 0 amide bonds. The Bertz CT molecular complexity index is 8780. The van der Waals surface area contributed by atoms with E-state index in [2.05, 4.69) is 567 Å². The zero-order chi connectivity index (χ0) is 100. The number of fused-ring (bicyclic) bond motifs is 18. The summed E-state index contributed by atoms with van der Waals surface area (Å²) in [5, 5.41) is 22.4. The molecule has 0 spiro atoms. The third-order valence-electron chi connectivity index (χ3n) is 29.2. The minimum absolute atomic E-state index is 0.880. The van der Waals surface area contributed by atoms with Gasteiger partial charge in [-0.05, 0) is 362 Å². The van der Waals surface area contributed by atoms with Crippen molar-refractivity contribution in [1.82, 2.24) is 15.0 Å². The molecule has 150 heavy (non-hydrogen) atoms. The Morgan fingerprint density at radius 1 is 0.147 bits per heavy atom. The van der Waals surface area contributed by atoms with E-state index >= 15 is 0 Å². The maximum atomic E-state index is 4.82. The van der Waals surface area contributed by atoms with Gasteiger partial charge in [0.05, 0.1) is 11.9 Å². The average Bonchev–Trinajstić information content (AvgIpc) is 0.714. The van der Waals surface area contributed by atoms with Gasteiger partial charge < -0.3 is 9.80 Å². The van der Waals surface area contributed by atoms with Crippen LogP contribution in [0, 0.1) is 20.8 Å². The molecule has 24 aromatic carbocycles. The molecule has 3 aromatic heterocycles. The first-order valence-electron chi connectivity index (χ1n) is 51.4. The maximum absolute atomic E-state index is 4.82. The van der Waals surface area contributed by atoms with Crippen LogP contribution in [0.4, 0.5) is 51.3 Å². The molecule has 0 unspecified atom stereocenters. The lowest BCUT2D eigenvalue weighted by atomic mass is 9.81. The third kappa shape index (κ3) is 17.4. The van der Waals surface area contributed by atoms with Crippen molar-refractivity contribution in [1.29, 1.82) is 0 Å². The number of aryl methyl sites for hydroxylation is 3. The molecule has 0 aliphatic heterocycles. The second-order valence-corrected chi connectivity index (χ2v) is 38.5. The lowest BCUT2D eigenvalue weighted by molar-refractivity contribution is 1.18. The summed E-state index contributed by atoms with van der Waals surface area (Å²) in [5.41, 5.74) is 34.2. The van der Waals surface area contributed by atoms with Crippen LogP contribution in [0.5, 0.6) is 0 Å². The lowest BCUT2D eigenvalue weighted by Crippen LogP contribution is -2.11. The van der Waals surface area contributed by atoms with E-state index in [0.717, 1.165) is 51.3 Å². The monoisotopic (exact) mass is 1910 g/mol. The van der Waals surface area contributed by atoms with Gasteiger partial charge in [0.25, 0.3) is 0 Å². The Morgan fingerprint density at radius 2 is 0.413 bits per heavy atom. The van der Waals surface area contributed by atoms with Crippen molar-refractivity contribution in [2.75, 3.05) is 14.7 Å². The Labute approximate surface area is 874 Å². The highest BCUT2D eigenvalue weighted by Gasteiger charge is 2.29. The highest BCUT2D eigenvalue weighted by molar-refractivity contribution is 6.37. The minimum Gasteiger partial charge on any atom is -0.310 e. The number of anilines is 9. The van der Waals surface area contributed by atoms with Gasteiger partial charge in [0, 0.05) is 64.6 Å². The van der Waals surface area contributed by atoms with Crippen molar-refractivity contribution < 1.29 is 0 Å². The van der Waals surface area contributed by atoms with E-state index in [-0.39, 0.29) is 0 Å². The van der Waals surface area contributed by atoms with Crippen LogP contribution in [0.15, 0.2) is 565 Å². The number of hydrogen-bond acceptors (Lipinski definition) is 6. The minimum atomic E-state index is 0.880. The summed E-state index contributed by atoms with van der Waals surface area (Å²) in [7, 11) is 0. The summed E-state index contributed by atoms with van der Waals surface area (Å²) in [5.74, 6) is 0.880. The van der Waals surface area contributed by atoms with E-state index in [1.807, 2.05) is 43.1 Å². The molecule has 0 saturated heterocycles. The fourth-order valence-corrected chi connectivity index (χ4v) is 22.7. The predicted molar refractivity (Wildman–Crippen MR) is 637 cm³/mol. The number of nitrogens with zero attached hydrogens (tertiary/aromatic N) is 6. The van der Waals surface area contributed by atoms with Crippen molar-refractivity contribution >= 4 is 148 Å². The topological polar surface area (TPSA) is 48.4 Å². The molecular formula is C144H102N6. The molecule has 0 fully saturated rings. The van der Waals surface area contributed by atoms with E-state index in [1.54, 1.807) is 0 Å². The van der Waals surface area contributed by atoms with Gasteiger partial charge in [-0.3, -0.25) is 14.9 Å². The van der Waals surface area contributed by atoms with Crippen LogP contribution in [-0.4, -0.2) is 15.0 Å². The average molecular weight is 1920 g/mol. The van der Waals surface area contributed by atoms with Crippen LogP contribution >= 0.6 is 0 Å². The summed E-state index contributed by atoms with van der Waals surface area (Å²) >= 11 is 0. The van der Waals surface area contributed by atoms with Crippen LogP contribution in [-0.2, 0) is 0 Å². The highest BCUT2D eigenvalue weighted by Crippen LogP contribution is 2.56. The molecule has 0 bridgehead atoms. The Balaban J connectivity index is 0.000000116. The summed E-state index contributed by atoms with van der Waals surface area (Å²) < 4.78 is 0. The van der Waals surface area contributed by atoms with E-state index in [4.69, 9.17) is 4.98 Å². The molecular weight excluding hydrogens is 1810 g/mol. The zero-order valence-electron chi connectivity index (χ0n) is 83.4. The van der Waals surface area contributed by atoms with Crippen molar-refractivity contribution in [2.24, 2.45) is 0 Å². The second-order valence-electron chi connectivity index (χ2n) is 38.5. The zero-order valence-corrected chi connectivity index (χ0v) is 83.4. The van der Waals surface area contributed by atoms with Crippen molar-refractivity contribution in [3.8, 4) is 100 Å². The Kier molecular flexibility index (Phi) is 24.8. The molecule has 3 heterocycles. The van der Waals surface area contributed by atoms with Gasteiger partial charge in [-0.2, -0.15) is 0 Å². The largest absolute Gasteiger partial charge is 0.310 e. The normalized spacial score (nSPS) is 11.3. The van der Waals surface area contributed by atoms with E-state index in [9.17, 15) is 0 Å². The molecule has 0 saturated carbocycles. The predicted octanol–water partition coefficient (Wildman–Crippen LogP) is 40.0. The molecule has 0 aliphatic rings. The first-order chi connectivity index (χ1) is 74.2. The summed E-state index contributed by atoms with van der Waals surface area (Å²) in [6.45, 7) is 6.43. The lowest BCUT2D eigenvalue weighted by Gasteiger charge is -2.27. The number of hydrogen-bond donors (Lipinski definition) is 0. The molecule has 27 aromatic rings. The van der Waals surface area contributed by atoms with Gasteiger partial charge in [0.15, 0.2) is 0 Å². The van der Waals surface area contributed by atoms with E-state index < -0.39 is 0 Å². The van der Waals surface area contributed by atoms with Crippen LogP contribution < -0.4 is 14.7 Å². The Morgan fingerprint density at radius 3 is 0.720 bits per heavy atom. The Hall–Kier alpha value is -19.5. The van der Waals surface area contributed by atoms with Gasteiger partial charge in [-0.1, -0.05) is 406 Å². The van der Waals surface area contributed by atoms with E-state index in [0.29, 0.717) is 0 Å². The number of rotatable bonds is 18. The van der Waals surface area contributed by atoms with Crippen molar-refractivity contribution in [2.45, 2.75) is 20.8 Å². The molecule has 0 radical (unpaired) electrons. The van der Waals surface area contributed by atoms with Gasteiger partial charge in [0.1, 0.15) is 5.82 Å². The highest BCUT2D eigenvalue weighted by atomic mass is 15.2.